The van der Waals surface area contributed by atoms with Gasteiger partial charge in [0.25, 0.3) is 11.6 Å². The van der Waals surface area contributed by atoms with E-state index in [1.54, 1.807) is 43.5 Å². The van der Waals surface area contributed by atoms with E-state index in [1.165, 1.54) is 18.3 Å². The van der Waals surface area contributed by atoms with Crippen molar-refractivity contribution < 1.29 is 14.5 Å². The van der Waals surface area contributed by atoms with E-state index < -0.39 is 4.92 Å². The maximum atomic E-state index is 11.7. The number of anilines is 1. The summed E-state index contributed by atoms with van der Waals surface area (Å²) in [6, 6.07) is 13.1. The molecule has 0 radical (unpaired) electrons. The zero-order valence-electron chi connectivity index (χ0n) is 12.9. The van der Waals surface area contributed by atoms with Gasteiger partial charge in [-0.2, -0.15) is 5.10 Å². The number of nitro benzene ring substituents is 1. The van der Waals surface area contributed by atoms with Crippen molar-refractivity contribution in [2.75, 3.05) is 19.0 Å². The normalized spacial score (nSPS) is 10.4. The van der Waals surface area contributed by atoms with Crippen LogP contribution in [0, 0.1) is 10.1 Å². The van der Waals surface area contributed by atoms with Crippen molar-refractivity contribution in [2.24, 2.45) is 5.10 Å². The number of methoxy groups -OCH3 is 1. The molecule has 2 aromatic carbocycles. The second-order valence-corrected chi connectivity index (χ2v) is 4.73. The molecule has 0 bridgehead atoms. The van der Waals surface area contributed by atoms with Gasteiger partial charge in [-0.05, 0) is 24.3 Å². The Morgan fingerprint density at radius 2 is 2.04 bits per heavy atom. The summed E-state index contributed by atoms with van der Waals surface area (Å²) in [4.78, 5) is 21.9. The van der Waals surface area contributed by atoms with E-state index in [1.807, 2.05) is 0 Å². The molecule has 24 heavy (non-hydrogen) atoms. The molecule has 0 fully saturated rings. The Hall–Kier alpha value is -3.42. The van der Waals surface area contributed by atoms with Crippen molar-refractivity contribution in [3.8, 4) is 5.75 Å². The van der Waals surface area contributed by atoms with Gasteiger partial charge in [-0.25, -0.2) is 5.43 Å². The third-order valence-corrected chi connectivity index (χ3v) is 3.03. The van der Waals surface area contributed by atoms with E-state index >= 15 is 0 Å². The number of non-ortho nitro benzene ring substituents is 1. The Balaban J connectivity index is 1.81. The maximum absolute atomic E-state index is 11.7. The Morgan fingerprint density at radius 1 is 1.29 bits per heavy atom. The number of amides is 1. The van der Waals surface area contributed by atoms with E-state index in [-0.39, 0.29) is 18.1 Å². The average molecular weight is 328 g/mol. The Bertz CT molecular complexity index is 744. The van der Waals surface area contributed by atoms with Gasteiger partial charge >= 0.3 is 0 Å². The van der Waals surface area contributed by atoms with E-state index in [4.69, 9.17) is 4.74 Å². The molecule has 8 nitrogen and oxygen atoms in total. The number of nitrogens with one attached hydrogen (secondary N) is 2. The number of nitrogens with zero attached hydrogens (tertiary/aromatic N) is 2. The predicted octanol–water partition coefficient (Wildman–Crippen LogP) is 2.17. The summed E-state index contributed by atoms with van der Waals surface area (Å²) in [6.45, 7) is 0.0403. The lowest BCUT2D eigenvalue weighted by atomic mass is 10.2. The number of carbonyl (C=O) groups excluding carboxylic acids is 1. The molecule has 1 amide bonds. The highest BCUT2D eigenvalue weighted by Gasteiger charge is 2.04. The first-order chi connectivity index (χ1) is 11.6. The van der Waals surface area contributed by atoms with Crippen LogP contribution in [0.3, 0.4) is 0 Å². The molecule has 0 saturated carbocycles. The van der Waals surface area contributed by atoms with Gasteiger partial charge in [0.15, 0.2) is 0 Å². The van der Waals surface area contributed by atoms with Gasteiger partial charge in [0.2, 0.25) is 0 Å². The monoisotopic (exact) mass is 328 g/mol. The number of ether oxygens (including phenoxy) is 1. The van der Waals surface area contributed by atoms with Gasteiger partial charge in [-0.1, -0.05) is 12.1 Å². The summed E-state index contributed by atoms with van der Waals surface area (Å²) in [5, 5.41) is 17.4. The molecule has 8 heteroatoms. The van der Waals surface area contributed by atoms with Crippen LogP contribution in [-0.4, -0.2) is 30.7 Å². The minimum absolute atomic E-state index is 0.0357. The minimum atomic E-state index is -0.491. The largest absolute Gasteiger partial charge is 0.497 e. The van der Waals surface area contributed by atoms with Crippen LogP contribution in [-0.2, 0) is 4.79 Å². The fraction of sp³-hybridized carbons (Fsp3) is 0.125. The van der Waals surface area contributed by atoms with Crippen LogP contribution >= 0.6 is 0 Å². The van der Waals surface area contributed by atoms with E-state index in [0.29, 0.717) is 5.56 Å². The first kappa shape index (κ1) is 16.9. The molecule has 2 rings (SSSR count). The molecule has 0 saturated heterocycles. The summed E-state index contributed by atoms with van der Waals surface area (Å²) in [6.07, 6.45) is 1.35. The van der Waals surface area contributed by atoms with Crippen molar-refractivity contribution in [2.45, 2.75) is 0 Å². The summed E-state index contributed by atoms with van der Waals surface area (Å²) < 4.78 is 5.04. The number of rotatable bonds is 7. The van der Waals surface area contributed by atoms with Crippen molar-refractivity contribution in [3.05, 3.63) is 64.2 Å². The second-order valence-electron chi connectivity index (χ2n) is 4.73. The number of hydrogen-bond acceptors (Lipinski definition) is 6. The molecule has 0 spiro atoms. The van der Waals surface area contributed by atoms with Crippen molar-refractivity contribution in [1.29, 1.82) is 0 Å². The summed E-state index contributed by atoms with van der Waals surface area (Å²) in [5.41, 5.74) is 3.60. The molecule has 0 heterocycles. The van der Waals surface area contributed by atoms with Gasteiger partial charge in [0, 0.05) is 23.4 Å². The summed E-state index contributed by atoms with van der Waals surface area (Å²) in [7, 11) is 1.58. The topological polar surface area (TPSA) is 106 Å². The van der Waals surface area contributed by atoms with E-state index in [9.17, 15) is 14.9 Å². The molecule has 0 unspecified atom stereocenters. The van der Waals surface area contributed by atoms with Crippen LogP contribution in [0.5, 0.6) is 5.75 Å². The number of carbonyl (C=O) groups is 1. The minimum Gasteiger partial charge on any atom is -0.497 e. The van der Waals surface area contributed by atoms with Gasteiger partial charge in [0.1, 0.15) is 5.75 Å². The smallest absolute Gasteiger partial charge is 0.270 e. The summed E-state index contributed by atoms with van der Waals surface area (Å²) in [5.74, 6) is 0.388. The first-order valence-corrected chi connectivity index (χ1v) is 7.03. The van der Waals surface area contributed by atoms with Crippen LogP contribution < -0.4 is 15.5 Å². The Labute approximate surface area is 138 Å². The zero-order valence-corrected chi connectivity index (χ0v) is 12.9. The molecule has 0 aliphatic rings. The van der Waals surface area contributed by atoms with E-state index in [0.717, 1.165) is 11.4 Å². The first-order valence-electron chi connectivity index (χ1n) is 7.03. The van der Waals surface area contributed by atoms with Crippen LogP contribution in [0.4, 0.5) is 11.4 Å². The standard InChI is InChI=1S/C16H16N4O4/c1-24-15-7-5-13(6-8-15)17-11-16(21)19-18-10-12-3-2-4-14(9-12)20(22)23/h2-10,17H,11H2,1H3,(H,19,21). The SMILES string of the molecule is COc1ccc(NCC(=O)NN=Cc2cccc([N+](=O)[O-])c2)cc1. The Morgan fingerprint density at radius 3 is 2.71 bits per heavy atom. The second kappa shape index (κ2) is 8.28. The van der Waals surface area contributed by atoms with Gasteiger partial charge in [0.05, 0.1) is 24.8 Å². The van der Waals surface area contributed by atoms with Crippen molar-refractivity contribution in [1.82, 2.24) is 5.43 Å². The quantitative estimate of drug-likeness (QED) is 0.460. The lowest BCUT2D eigenvalue weighted by Gasteiger charge is -2.06. The number of hydrazone groups is 1. The molecule has 0 aliphatic carbocycles. The van der Waals surface area contributed by atoms with Gasteiger partial charge < -0.3 is 10.1 Å². The highest BCUT2D eigenvalue weighted by Crippen LogP contribution is 2.14. The fourth-order valence-electron chi connectivity index (χ4n) is 1.83. The van der Waals surface area contributed by atoms with Crippen molar-refractivity contribution in [3.63, 3.8) is 0 Å². The summed E-state index contributed by atoms with van der Waals surface area (Å²) >= 11 is 0. The number of nitro groups is 1. The molecule has 2 N–H and O–H groups in total. The maximum Gasteiger partial charge on any atom is 0.270 e. The van der Waals surface area contributed by atoms with E-state index in [2.05, 4.69) is 15.8 Å². The number of benzene rings is 2. The number of hydrogen-bond donors (Lipinski definition) is 2. The average Bonchev–Trinajstić information content (AvgIpc) is 2.60. The molecule has 0 aromatic heterocycles. The van der Waals surface area contributed by atoms with Crippen LogP contribution in [0.1, 0.15) is 5.56 Å². The van der Waals surface area contributed by atoms with Crippen LogP contribution in [0.15, 0.2) is 53.6 Å². The molecule has 0 aliphatic heterocycles. The fourth-order valence-corrected chi connectivity index (χ4v) is 1.83. The lowest BCUT2D eigenvalue weighted by molar-refractivity contribution is -0.384. The molecule has 2 aromatic rings. The lowest BCUT2D eigenvalue weighted by Crippen LogP contribution is -2.25. The highest BCUT2D eigenvalue weighted by molar-refractivity contribution is 5.84. The van der Waals surface area contributed by atoms with Crippen LogP contribution in [0.25, 0.3) is 0 Å². The molecular formula is C16H16N4O4. The Kier molecular flexibility index (Phi) is 5.84. The van der Waals surface area contributed by atoms with Crippen molar-refractivity contribution >= 4 is 23.5 Å². The zero-order chi connectivity index (χ0) is 17.4. The molecule has 124 valence electrons. The van der Waals surface area contributed by atoms with Gasteiger partial charge in [-0.15, -0.1) is 0 Å². The van der Waals surface area contributed by atoms with Crippen LogP contribution in [0.2, 0.25) is 0 Å². The third kappa shape index (κ3) is 5.09. The molecule has 0 atom stereocenters. The highest BCUT2D eigenvalue weighted by atomic mass is 16.6. The third-order valence-electron chi connectivity index (χ3n) is 3.03. The predicted molar refractivity (Wildman–Crippen MR) is 90.3 cm³/mol. The molecular weight excluding hydrogens is 312 g/mol. The van der Waals surface area contributed by atoms with Gasteiger partial charge in [-0.3, -0.25) is 14.9 Å².